The average Bonchev–Trinajstić information content (AvgIpc) is 3.49. The van der Waals surface area contributed by atoms with Gasteiger partial charge in [-0.2, -0.15) is 0 Å². The van der Waals surface area contributed by atoms with Crippen LogP contribution in [0.25, 0.3) is 0 Å². The molecule has 0 bridgehead atoms. The molecule has 2 aliphatic carbocycles. The van der Waals surface area contributed by atoms with Gasteiger partial charge in [0.2, 0.25) is 11.8 Å². The van der Waals surface area contributed by atoms with Crippen molar-refractivity contribution in [2.45, 2.75) is 28.5 Å². The Kier molecular flexibility index (Phi) is 8.45. The van der Waals surface area contributed by atoms with Crippen molar-refractivity contribution in [1.29, 1.82) is 0 Å². The number of carbonyl (C=O) groups excluding carboxylic acids is 4. The van der Waals surface area contributed by atoms with E-state index in [1.165, 1.54) is 17.0 Å². The van der Waals surface area contributed by atoms with Crippen LogP contribution in [0.15, 0.2) is 84.4 Å². The molecule has 13 heteroatoms. The first kappa shape index (κ1) is 33.8. The summed E-state index contributed by atoms with van der Waals surface area (Å²) in [4.78, 5) is 57.7. The Balaban J connectivity index is 1.19. The highest BCUT2D eigenvalue weighted by atomic mass is 35.5. The van der Waals surface area contributed by atoms with Gasteiger partial charge >= 0.3 is 0 Å². The maximum atomic E-state index is 14.5. The number of aliphatic hydroxyl groups excluding tert-OH is 1. The summed E-state index contributed by atoms with van der Waals surface area (Å²) in [7, 11) is 0. The summed E-state index contributed by atoms with van der Waals surface area (Å²) in [6, 6.07) is 19.0. The van der Waals surface area contributed by atoms with Crippen LogP contribution in [0.5, 0.6) is 5.75 Å². The fraction of sp³-hybridized carbons (Fsp3) is 0.368. The molecule has 0 spiro atoms. The van der Waals surface area contributed by atoms with Crippen molar-refractivity contribution >= 4 is 63.9 Å². The van der Waals surface area contributed by atoms with E-state index in [2.05, 4.69) is 4.90 Å². The SMILES string of the molecule is O=C1[C@H]2[C@H](CC=C3[C@H]2C[C@@]2(Cl)C(=O)N(c4ccc(F)cc4)C(=O)[C@@]2(Cl)[C@H]3c2ccc(OCCO)cc2)C(=O)N1c1ccc(N2CCOCC2)cc1. The Morgan fingerprint density at radius 1 is 0.804 bits per heavy atom. The molecule has 10 nitrogen and oxygen atoms in total. The van der Waals surface area contributed by atoms with Gasteiger partial charge in [-0.25, -0.2) is 9.29 Å². The van der Waals surface area contributed by atoms with Gasteiger partial charge in [-0.15, -0.1) is 23.2 Å². The molecule has 4 amide bonds. The number of halogens is 3. The normalized spacial score (nSPS) is 30.3. The topological polar surface area (TPSA) is 117 Å². The van der Waals surface area contributed by atoms with Crippen molar-refractivity contribution < 1.29 is 38.1 Å². The summed E-state index contributed by atoms with van der Waals surface area (Å²) in [6.45, 7) is 2.61. The van der Waals surface area contributed by atoms with E-state index in [0.717, 1.165) is 35.8 Å². The molecule has 0 radical (unpaired) electrons. The maximum Gasteiger partial charge on any atom is 0.258 e. The van der Waals surface area contributed by atoms with E-state index in [9.17, 15) is 28.7 Å². The summed E-state index contributed by atoms with van der Waals surface area (Å²) < 4.78 is 24.9. The number of ether oxygens (including phenoxy) is 2. The summed E-state index contributed by atoms with van der Waals surface area (Å²) >= 11 is 14.9. The fourth-order valence-electron chi connectivity index (χ4n) is 8.58. The second-order valence-electron chi connectivity index (χ2n) is 13.5. The molecule has 1 saturated carbocycles. The lowest BCUT2D eigenvalue weighted by molar-refractivity contribution is -0.125. The third-order valence-electron chi connectivity index (χ3n) is 11.0. The Morgan fingerprint density at radius 3 is 2.10 bits per heavy atom. The first-order valence-corrected chi connectivity index (χ1v) is 17.7. The molecular weight excluding hydrogens is 700 g/mol. The number of carbonyl (C=O) groups is 4. The summed E-state index contributed by atoms with van der Waals surface area (Å²) in [5.41, 5.74) is 2.73. The largest absolute Gasteiger partial charge is 0.491 e. The zero-order valence-electron chi connectivity index (χ0n) is 27.3. The average molecular weight is 735 g/mol. The van der Waals surface area contributed by atoms with E-state index in [1.54, 1.807) is 36.4 Å². The van der Waals surface area contributed by atoms with Crippen LogP contribution in [-0.2, 0) is 23.9 Å². The third-order valence-corrected chi connectivity index (χ3v) is 12.4. The Bertz CT molecular complexity index is 1940. The highest BCUT2D eigenvalue weighted by Crippen LogP contribution is 2.66. The van der Waals surface area contributed by atoms with Crippen molar-refractivity contribution in [1.82, 2.24) is 0 Å². The smallest absolute Gasteiger partial charge is 0.258 e. The monoisotopic (exact) mass is 733 g/mol. The zero-order chi connectivity index (χ0) is 35.7. The van der Waals surface area contributed by atoms with Crippen molar-refractivity contribution in [3.63, 3.8) is 0 Å². The number of fused-ring (bicyclic) bond motifs is 4. The molecule has 51 heavy (non-hydrogen) atoms. The van der Waals surface area contributed by atoms with Gasteiger partial charge in [0.1, 0.15) is 18.2 Å². The number of nitrogens with zero attached hydrogens (tertiary/aromatic N) is 3. The van der Waals surface area contributed by atoms with Crippen LogP contribution in [0, 0.1) is 23.6 Å². The Hall–Kier alpha value is -4.29. The standard InChI is InChI=1S/C38H34Cl2FN3O7/c39-37-21-30-28(13-14-29-31(30)34(47)43(33(29)46)25-9-7-24(8-10-25)42-15-18-50-19-16-42)32(22-1-11-27(12-2-22)51-20-17-45)38(37,40)36(49)44(35(37)48)26-5-3-23(41)4-6-26/h1-13,29-32,45H,14-21H2/t29-,30+,31-,32-,37+,38-/m0/s1. The minimum absolute atomic E-state index is 0.0749. The van der Waals surface area contributed by atoms with Gasteiger partial charge in [-0.05, 0) is 85.0 Å². The van der Waals surface area contributed by atoms with E-state index >= 15 is 0 Å². The molecule has 3 aromatic rings. The number of imide groups is 2. The van der Waals surface area contributed by atoms with E-state index < -0.39 is 57.0 Å². The number of allylic oxidation sites excluding steroid dienone is 2. The summed E-state index contributed by atoms with van der Waals surface area (Å²) in [6.07, 6.45) is 1.93. The van der Waals surface area contributed by atoms with Crippen molar-refractivity contribution in [3.8, 4) is 5.75 Å². The Labute approximate surface area is 303 Å². The van der Waals surface area contributed by atoms with Crippen molar-refractivity contribution in [2.75, 3.05) is 54.2 Å². The molecule has 4 fully saturated rings. The number of rotatable bonds is 7. The summed E-state index contributed by atoms with van der Waals surface area (Å²) in [5.74, 6) is -5.62. The number of aliphatic hydroxyl groups is 1. The third kappa shape index (κ3) is 5.11. The summed E-state index contributed by atoms with van der Waals surface area (Å²) in [5, 5.41) is 9.22. The predicted octanol–water partition coefficient (Wildman–Crippen LogP) is 4.80. The number of hydrogen-bond donors (Lipinski definition) is 1. The van der Waals surface area contributed by atoms with Crippen LogP contribution < -0.4 is 19.4 Å². The molecule has 0 unspecified atom stereocenters. The Morgan fingerprint density at radius 2 is 1.43 bits per heavy atom. The number of hydrogen-bond acceptors (Lipinski definition) is 8. The van der Waals surface area contributed by atoms with Crippen LogP contribution in [0.3, 0.4) is 0 Å². The number of amides is 4. The quantitative estimate of drug-likeness (QED) is 0.209. The van der Waals surface area contributed by atoms with E-state index in [4.69, 9.17) is 32.7 Å². The van der Waals surface area contributed by atoms with Gasteiger partial charge in [0.25, 0.3) is 11.8 Å². The van der Waals surface area contributed by atoms with Crippen LogP contribution in [-0.4, -0.2) is 78.0 Å². The molecule has 5 aliphatic rings. The molecule has 1 N–H and O–H groups in total. The number of benzene rings is 3. The van der Waals surface area contributed by atoms with Crippen LogP contribution in [0.1, 0.15) is 24.3 Å². The van der Waals surface area contributed by atoms with Crippen LogP contribution >= 0.6 is 23.2 Å². The van der Waals surface area contributed by atoms with Gasteiger partial charge in [-0.3, -0.25) is 24.1 Å². The first-order valence-electron chi connectivity index (χ1n) is 16.9. The molecule has 3 saturated heterocycles. The van der Waals surface area contributed by atoms with Crippen molar-refractivity contribution in [3.05, 3.63) is 95.8 Å². The second kappa shape index (κ2) is 12.7. The van der Waals surface area contributed by atoms with Gasteiger partial charge in [0.05, 0.1) is 43.0 Å². The van der Waals surface area contributed by atoms with E-state index in [1.807, 2.05) is 18.2 Å². The van der Waals surface area contributed by atoms with Gasteiger partial charge < -0.3 is 19.5 Å². The van der Waals surface area contributed by atoms with E-state index in [0.29, 0.717) is 35.8 Å². The molecule has 8 rings (SSSR count). The minimum atomic E-state index is -2.04. The van der Waals surface area contributed by atoms with Gasteiger partial charge in [0, 0.05) is 24.7 Å². The molecule has 3 aliphatic heterocycles. The lowest BCUT2D eigenvalue weighted by Crippen LogP contribution is -2.60. The first-order chi connectivity index (χ1) is 24.6. The fourth-order valence-corrected chi connectivity index (χ4v) is 9.52. The molecule has 6 atom stereocenters. The molecular formula is C38H34Cl2FN3O7. The number of anilines is 3. The maximum absolute atomic E-state index is 14.5. The lowest BCUT2D eigenvalue weighted by atomic mass is 9.56. The minimum Gasteiger partial charge on any atom is -0.491 e. The van der Waals surface area contributed by atoms with Crippen LogP contribution in [0.4, 0.5) is 21.5 Å². The highest BCUT2D eigenvalue weighted by Gasteiger charge is 2.76. The predicted molar refractivity (Wildman–Crippen MR) is 188 cm³/mol. The van der Waals surface area contributed by atoms with Gasteiger partial charge in [-0.1, -0.05) is 23.8 Å². The number of alkyl halides is 2. The molecule has 264 valence electrons. The number of morpholine rings is 1. The molecule has 3 aromatic carbocycles. The molecule has 3 heterocycles. The van der Waals surface area contributed by atoms with Crippen molar-refractivity contribution in [2.24, 2.45) is 17.8 Å². The second-order valence-corrected chi connectivity index (χ2v) is 14.8. The van der Waals surface area contributed by atoms with Crippen LogP contribution in [0.2, 0.25) is 0 Å². The highest BCUT2D eigenvalue weighted by molar-refractivity contribution is 6.58. The lowest BCUT2D eigenvalue weighted by Gasteiger charge is -2.50. The van der Waals surface area contributed by atoms with Gasteiger partial charge in [0.15, 0.2) is 9.75 Å². The zero-order valence-corrected chi connectivity index (χ0v) is 28.9. The van der Waals surface area contributed by atoms with E-state index in [-0.39, 0.29) is 37.6 Å². The molecule has 0 aromatic heterocycles.